The van der Waals surface area contributed by atoms with Crippen LogP contribution in [-0.4, -0.2) is 21.8 Å². The van der Waals surface area contributed by atoms with Crippen molar-refractivity contribution in [2.24, 2.45) is 0 Å². The highest BCUT2D eigenvalue weighted by Gasteiger charge is 2.26. The smallest absolute Gasteiger partial charge is 0.253 e. The highest BCUT2D eigenvalue weighted by molar-refractivity contribution is 6.02. The molecule has 0 aliphatic heterocycles. The van der Waals surface area contributed by atoms with Gasteiger partial charge in [0.05, 0.1) is 6.54 Å². The molecule has 0 saturated carbocycles. The number of amides is 2. The van der Waals surface area contributed by atoms with Crippen LogP contribution in [0.5, 0.6) is 5.75 Å². The highest BCUT2D eigenvalue weighted by Crippen LogP contribution is 2.40. The van der Waals surface area contributed by atoms with Gasteiger partial charge in [0.15, 0.2) is 0 Å². The molecule has 4 heteroatoms. The predicted octanol–water partition coefficient (Wildman–Crippen LogP) is 5.58. The van der Waals surface area contributed by atoms with Crippen molar-refractivity contribution in [1.82, 2.24) is 4.90 Å². The summed E-state index contributed by atoms with van der Waals surface area (Å²) in [5.41, 5.74) is 2.86. The normalized spacial score (nSPS) is 12.2. The first-order chi connectivity index (χ1) is 13.8. The van der Waals surface area contributed by atoms with E-state index in [0.29, 0.717) is 5.75 Å². The zero-order valence-corrected chi connectivity index (χ0v) is 19.1. The molecule has 0 atom stereocenters. The number of phenolic OH excluding ortho intramolecular Hbond substituents is 1. The van der Waals surface area contributed by atoms with Gasteiger partial charge in [0, 0.05) is 24.1 Å². The Balaban J connectivity index is 2.39. The van der Waals surface area contributed by atoms with Gasteiger partial charge in [-0.25, -0.2) is 0 Å². The van der Waals surface area contributed by atoms with E-state index in [1.807, 2.05) is 84.0 Å². The molecule has 0 heterocycles. The molecule has 2 aromatic rings. The summed E-state index contributed by atoms with van der Waals surface area (Å²) in [5, 5.41) is 10.8. The third kappa shape index (κ3) is 5.82. The van der Waals surface area contributed by atoms with Crippen molar-refractivity contribution in [1.29, 1.82) is 0 Å². The number of benzene rings is 2. The Morgan fingerprint density at radius 2 is 1.43 bits per heavy atom. The van der Waals surface area contributed by atoms with Gasteiger partial charge in [-0.2, -0.15) is 0 Å². The highest BCUT2D eigenvalue weighted by atomic mass is 16.3. The van der Waals surface area contributed by atoms with Gasteiger partial charge in [-0.1, -0.05) is 71.9 Å². The number of carbonyl (C=O) groups is 2. The van der Waals surface area contributed by atoms with Crippen molar-refractivity contribution in [3.63, 3.8) is 0 Å². The number of aromatic hydroxyl groups is 1. The molecule has 0 aliphatic rings. The average molecular weight is 408 g/mol. The molecule has 4 nitrogen and oxygen atoms in total. The summed E-state index contributed by atoms with van der Waals surface area (Å²) < 4.78 is 0. The van der Waals surface area contributed by atoms with Gasteiger partial charge in [0.25, 0.3) is 5.91 Å². The Hall–Kier alpha value is -2.88. The van der Waals surface area contributed by atoms with Crippen molar-refractivity contribution in [2.45, 2.75) is 65.8 Å². The van der Waals surface area contributed by atoms with E-state index in [-0.39, 0.29) is 29.2 Å². The topological polar surface area (TPSA) is 57.6 Å². The fourth-order valence-electron chi connectivity index (χ4n) is 3.26. The minimum absolute atomic E-state index is 0.232. The minimum Gasteiger partial charge on any atom is -0.507 e. The van der Waals surface area contributed by atoms with Gasteiger partial charge in [0.2, 0.25) is 5.91 Å². The maximum absolute atomic E-state index is 12.8. The molecular formula is C26H33NO3. The molecule has 0 saturated heterocycles. The van der Waals surface area contributed by atoms with E-state index < -0.39 is 0 Å². The summed E-state index contributed by atoms with van der Waals surface area (Å²) >= 11 is 0. The Labute approximate surface area is 180 Å². The molecule has 0 aromatic heterocycles. The molecule has 0 unspecified atom stereocenters. The van der Waals surface area contributed by atoms with Crippen LogP contribution in [0, 0.1) is 0 Å². The molecule has 1 N–H and O–H groups in total. The van der Waals surface area contributed by atoms with Crippen LogP contribution in [0.1, 0.15) is 70.7 Å². The third-order valence-corrected chi connectivity index (χ3v) is 5.00. The van der Waals surface area contributed by atoms with Gasteiger partial charge in [-0.3, -0.25) is 14.5 Å². The zero-order chi connectivity index (χ0) is 22.7. The summed E-state index contributed by atoms with van der Waals surface area (Å²) in [6.07, 6.45) is 3.14. The number of rotatable bonds is 4. The maximum atomic E-state index is 12.8. The number of hydrogen-bond donors (Lipinski definition) is 1. The molecule has 0 fully saturated rings. The lowest BCUT2D eigenvalue weighted by Gasteiger charge is -2.28. The number of imide groups is 1. The van der Waals surface area contributed by atoms with Crippen LogP contribution in [0.4, 0.5) is 0 Å². The Morgan fingerprint density at radius 1 is 0.933 bits per heavy atom. The second-order valence-electron chi connectivity index (χ2n) is 9.73. The van der Waals surface area contributed by atoms with Gasteiger partial charge in [-0.15, -0.1) is 0 Å². The van der Waals surface area contributed by atoms with Crippen molar-refractivity contribution < 1.29 is 14.7 Å². The lowest BCUT2D eigenvalue weighted by Crippen LogP contribution is -2.33. The molecule has 2 amide bonds. The molecule has 0 aliphatic carbocycles. The number of phenols is 1. The molecule has 30 heavy (non-hydrogen) atoms. The van der Waals surface area contributed by atoms with Gasteiger partial charge >= 0.3 is 0 Å². The Morgan fingerprint density at radius 3 is 1.87 bits per heavy atom. The molecular weight excluding hydrogens is 374 g/mol. The molecule has 0 radical (unpaired) electrons. The van der Waals surface area contributed by atoms with Crippen molar-refractivity contribution in [2.75, 3.05) is 0 Å². The number of nitrogens with zero attached hydrogens (tertiary/aromatic N) is 1. The van der Waals surface area contributed by atoms with Crippen LogP contribution in [0.25, 0.3) is 6.08 Å². The van der Waals surface area contributed by atoms with Crippen LogP contribution < -0.4 is 0 Å². The second-order valence-corrected chi connectivity index (χ2v) is 9.73. The van der Waals surface area contributed by atoms with E-state index in [0.717, 1.165) is 22.3 Å². The molecule has 2 rings (SSSR count). The van der Waals surface area contributed by atoms with Crippen LogP contribution in [0.15, 0.2) is 48.5 Å². The molecule has 160 valence electrons. The van der Waals surface area contributed by atoms with E-state index in [2.05, 4.69) is 0 Å². The lowest BCUT2D eigenvalue weighted by molar-refractivity contribution is -0.141. The minimum atomic E-state index is -0.367. The van der Waals surface area contributed by atoms with E-state index >= 15 is 0 Å². The van der Waals surface area contributed by atoms with Crippen LogP contribution in [-0.2, 0) is 27.0 Å². The van der Waals surface area contributed by atoms with Gasteiger partial charge in [0.1, 0.15) is 5.75 Å². The fraction of sp³-hybridized carbons (Fsp3) is 0.385. The summed E-state index contributed by atoms with van der Waals surface area (Å²) in [7, 11) is 0. The van der Waals surface area contributed by atoms with Crippen LogP contribution in [0.2, 0.25) is 0 Å². The van der Waals surface area contributed by atoms with Crippen molar-refractivity contribution >= 4 is 17.9 Å². The first kappa shape index (κ1) is 23.4. The van der Waals surface area contributed by atoms with Crippen LogP contribution >= 0.6 is 0 Å². The van der Waals surface area contributed by atoms with Crippen molar-refractivity contribution in [3.05, 3.63) is 70.8 Å². The predicted molar refractivity (Wildman–Crippen MR) is 122 cm³/mol. The van der Waals surface area contributed by atoms with E-state index in [4.69, 9.17) is 0 Å². The monoisotopic (exact) mass is 407 g/mol. The second kappa shape index (κ2) is 8.86. The van der Waals surface area contributed by atoms with Crippen LogP contribution in [0.3, 0.4) is 0 Å². The van der Waals surface area contributed by atoms with Crippen molar-refractivity contribution in [3.8, 4) is 5.75 Å². The molecule has 0 spiro atoms. The third-order valence-electron chi connectivity index (χ3n) is 5.00. The fourth-order valence-corrected chi connectivity index (χ4v) is 3.26. The maximum Gasteiger partial charge on any atom is 0.253 e. The zero-order valence-electron chi connectivity index (χ0n) is 19.1. The Kier molecular flexibility index (Phi) is 6.91. The SMILES string of the molecule is CC(=O)N(Cc1ccccc1)C(=O)/C=C/c1cc(C(C)(C)C)c(O)c(C(C)(C)C)c1. The number of hydrogen-bond acceptors (Lipinski definition) is 3. The first-order valence-corrected chi connectivity index (χ1v) is 10.2. The first-order valence-electron chi connectivity index (χ1n) is 10.2. The summed E-state index contributed by atoms with van der Waals surface area (Å²) in [5.74, 6) is -0.369. The summed E-state index contributed by atoms with van der Waals surface area (Å²) in [6, 6.07) is 13.2. The number of carbonyl (C=O) groups excluding carboxylic acids is 2. The van der Waals surface area contributed by atoms with E-state index in [9.17, 15) is 14.7 Å². The molecule has 2 aromatic carbocycles. The summed E-state index contributed by atoms with van der Waals surface area (Å²) in [4.78, 5) is 26.0. The largest absolute Gasteiger partial charge is 0.507 e. The lowest BCUT2D eigenvalue weighted by atomic mass is 9.78. The summed E-state index contributed by atoms with van der Waals surface area (Å²) in [6.45, 7) is 13.9. The van der Waals surface area contributed by atoms with Gasteiger partial charge < -0.3 is 5.11 Å². The Bertz CT molecular complexity index is 909. The van der Waals surface area contributed by atoms with E-state index in [1.165, 1.54) is 17.9 Å². The molecule has 0 bridgehead atoms. The average Bonchev–Trinajstić information content (AvgIpc) is 2.63. The quantitative estimate of drug-likeness (QED) is 0.674. The van der Waals surface area contributed by atoms with E-state index in [1.54, 1.807) is 6.08 Å². The standard InChI is InChI=1S/C26H33NO3/c1-18(28)27(17-19-11-9-8-10-12-19)23(29)14-13-20-15-21(25(2,3)4)24(30)22(16-20)26(5,6)7/h8-16,30H,17H2,1-7H3/b14-13+. The van der Waals surface area contributed by atoms with Gasteiger partial charge in [-0.05, 0) is 40.2 Å².